The number of hydrogen-bond acceptors (Lipinski definition) is 3. The number of nitrogens with zero attached hydrogens (tertiary/aromatic N) is 3. The summed E-state index contributed by atoms with van der Waals surface area (Å²) < 4.78 is 2.19. The minimum absolute atomic E-state index is 0.508. The molecule has 0 aliphatic carbocycles. The summed E-state index contributed by atoms with van der Waals surface area (Å²) in [6.45, 7) is 9.67. The normalized spacial score (nSPS) is 16.5. The van der Waals surface area contributed by atoms with Crippen LogP contribution in [0.1, 0.15) is 23.9 Å². The van der Waals surface area contributed by atoms with Gasteiger partial charge in [-0.05, 0) is 31.4 Å². The third-order valence-corrected chi connectivity index (χ3v) is 4.51. The maximum Gasteiger partial charge on any atom is 0.105 e. The molecule has 2 heterocycles. The molecular weight excluding hydrogens is 272 g/mol. The highest BCUT2D eigenvalue weighted by Crippen LogP contribution is 2.18. The highest BCUT2D eigenvalue weighted by molar-refractivity contribution is 5.29. The van der Waals surface area contributed by atoms with Crippen LogP contribution in [0.25, 0.3) is 0 Å². The molecule has 1 aromatic carbocycles. The standard InChI is InChI=1S/C18H26N4/c1-15(19-8-11-22-12-9-20-16(22)2)13-21-10-7-17-5-3-4-6-18(17)14-21/h3-6,9,12,15,19H,7-8,10-11,13-14H2,1-2H3/t15-/m0/s1. The number of benzene rings is 1. The largest absolute Gasteiger partial charge is 0.334 e. The summed E-state index contributed by atoms with van der Waals surface area (Å²) >= 11 is 0. The molecule has 0 spiro atoms. The van der Waals surface area contributed by atoms with Gasteiger partial charge >= 0.3 is 0 Å². The molecule has 0 amide bonds. The number of fused-ring (bicyclic) bond motifs is 1. The third kappa shape index (κ3) is 3.76. The van der Waals surface area contributed by atoms with Crippen molar-refractivity contribution in [2.45, 2.75) is 39.4 Å². The lowest BCUT2D eigenvalue weighted by atomic mass is 10.00. The second-order valence-corrected chi connectivity index (χ2v) is 6.28. The van der Waals surface area contributed by atoms with Crippen molar-refractivity contribution in [1.82, 2.24) is 19.8 Å². The van der Waals surface area contributed by atoms with Gasteiger partial charge in [0, 0.05) is 51.2 Å². The Morgan fingerprint density at radius 2 is 2.09 bits per heavy atom. The first-order chi connectivity index (χ1) is 10.7. The quantitative estimate of drug-likeness (QED) is 0.888. The Hall–Kier alpha value is -1.65. The van der Waals surface area contributed by atoms with Crippen molar-refractivity contribution in [2.75, 3.05) is 19.6 Å². The van der Waals surface area contributed by atoms with Crippen LogP contribution in [0.3, 0.4) is 0 Å². The van der Waals surface area contributed by atoms with E-state index in [1.54, 1.807) is 0 Å². The van der Waals surface area contributed by atoms with Gasteiger partial charge in [0.1, 0.15) is 5.82 Å². The Labute approximate surface area is 133 Å². The second-order valence-electron chi connectivity index (χ2n) is 6.28. The molecule has 0 saturated carbocycles. The van der Waals surface area contributed by atoms with E-state index in [9.17, 15) is 0 Å². The first-order valence-electron chi connectivity index (χ1n) is 8.22. The van der Waals surface area contributed by atoms with Crippen LogP contribution in [-0.4, -0.2) is 40.1 Å². The van der Waals surface area contributed by atoms with E-state index < -0.39 is 0 Å². The fourth-order valence-electron chi connectivity index (χ4n) is 3.23. The SMILES string of the molecule is Cc1nccn1CCN[C@@H](C)CN1CCc2ccccc2C1. The zero-order valence-electron chi connectivity index (χ0n) is 13.6. The van der Waals surface area contributed by atoms with E-state index in [0.717, 1.165) is 32.0 Å². The van der Waals surface area contributed by atoms with Gasteiger partial charge in [0.05, 0.1) is 0 Å². The van der Waals surface area contributed by atoms with Gasteiger partial charge in [-0.25, -0.2) is 4.98 Å². The van der Waals surface area contributed by atoms with Crippen LogP contribution in [0.5, 0.6) is 0 Å². The molecule has 3 rings (SSSR count). The van der Waals surface area contributed by atoms with Gasteiger partial charge < -0.3 is 9.88 Å². The monoisotopic (exact) mass is 298 g/mol. The maximum absolute atomic E-state index is 4.26. The Morgan fingerprint density at radius 3 is 2.86 bits per heavy atom. The van der Waals surface area contributed by atoms with Crippen molar-refractivity contribution < 1.29 is 0 Å². The van der Waals surface area contributed by atoms with Gasteiger partial charge in [0.2, 0.25) is 0 Å². The summed E-state index contributed by atoms with van der Waals surface area (Å²) in [6, 6.07) is 9.34. The Kier molecular flexibility index (Phi) is 4.90. The maximum atomic E-state index is 4.26. The number of imidazole rings is 1. The lowest BCUT2D eigenvalue weighted by Gasteiger charge is -2.31. The molecule has 1 aliphatic heterocycles. The van der Waals surface area contributed by atoms with Gasteiger partial charge in [0.15, 0.2) is 0 Å². The first kappa shape index (κ1) is 15.3. The molecule has 4 heteroatoms. The van der Waals surface area contributed by atoms with Crippen molar-refractivity contribution in [3.63, 3.8) is 0 Å². The highest BCUT2D eigenvalue weighted by Gasteiger charge is 2.17. The first-order valence-corrected chi connectivity index (χ1v) is 8.22. The number of nitrogens with one attached hydrogen (secondary N) is 1. The smallest absolute Gasteiger partial charge is 0.105 e. The Bertz CT molecular complexity index is 605. The number of rotatable bonds is 6. The van der Waals surface area contributed by atoms with E-state index in [0.29, 0.717) is 6.04 Å². The Morgan fingerprint density at radius 1 is 1.27 bits per heavy atom. The van der Waals surface area contributed by atoms with Crippen LogP contribution in [-0.2, 0) is 19.5 Å². The van der Waals surface area contributed by atoms with Crippen molar-refractivity contribution in [3.05, 3.63) is 53.6 Å². The molecule has 0 bridgehead atoms. The average molecular weight is 298 g/mol. The van der Waals surface area contributed by atoms with Crippen LogP contribution >= 0.6 is 0 Å². The molecule has 1 aromatic heterocycles. The predicted molar refractivity (Wildman–Crippen MR) is 89.9 cm³/mol. The van der Waals surface area contributed by atoms with Crippen LogP contribution in [0.2, 0.25) is 0 Å². The minimum Gasteiger partial charge on any atom is -0.334 e. The van der Waals surface area contributed by atoms with E-state index in [4.69, 9.17) is 0 Å². The molecule has 0 unspecified atom stereocenters. The molecule has 118 valence electrons. The molecule has 1 N–H and O–H groups in total. The van der Waals surface area contributed by atoms with Crippen LogP contribution in [0.4, 0.5) is 0 Å². The topological polar surface area (TPSA) is 33.1 Å². The lowest BCUT2D eigenvalue weighted by molar-refractivity contribution is 0.229. The molecule has 1 atom stereocenters. The van der Waals surface area contributed by atoms with E-state index in [1.807, 2.05) is 12.4 Å². The minimum atomic E-state index is 0.508. The van der Waals surface area contributed by atoms with Gasteiger partial charge in [-0.2, -0.15) is 0 Å². The lowest BCUT2D eigenvalue weighted by Crippen LogP contribution is -2.42. The van der Waals surface area contributed by atoms with Crippen LogP contribution in [0, 0.1) is 6.92 Å². The number of aryl methyl sites for hydroxylation is 1. The zero-order valence-corrected chi connectivity index (χ0v) is 13.6. The highest BCUT2D eigenvalue weighted by atomic mass is 15.2. The second kappa shape index (κ2) is 7.07. The fourth-order valence-corrected chi connectivity index (χ4v) is 3.23. The molecule has 22 heavy (non-hydrogen) atoms. The fraction of sp³-hybridized carbons (Fsp3) is 0.500. The molecule has 0 fully saturated rings. The van der Waals surface area contributed by atoms with Crippen molar-refractivity contribution in [2.24, 2.45) is 0 Å². The summed E-state index contributed by atoms with van der Waals surface area (Å²) in [5.41, 5.74) is 3.02. The molecule has 1 aliphatic rings. The summed E-state index contributed by atoms with van der Waals surface area (Å²) in [4.78, 5) is 6.81. The molecule has 0 saturated heterocycles. The number of aromatic nitrogens is 2. The molecular formula is C18H26N4. The summed E-state index contributed by atoms with van der Waals surface area (Å²) in [5, 5.41) is 3.63. The van der Waals surface area contributed by atoms with Crippen LogP contribution in [0.15, 0.2) is 36.7 Å². The summed E-state index contributed by atoms with van der Waals surface area (Å²) in [6.07, 6.45) is 5.09. The Balaban J connectivity index is 1.43. The molecule has 2 aromatic rings. The van der Waals surface area contributed by atoms with Crippen molar-refractivity contribution in [1.29, 1.82) is 0 Å². The van der Waals surface area contributed by atoms with Gasteiger partial charge in [-0.1, -0.05) is 24.3 Å². The van der Waals surface area contributed by atoms with Gasteiger partial charge in [-0.15, -0.1) is 0 Å². The molecule has 0 radical (unpaired) electrons. The zero-order chi connectivity index (χ0) is 15.4. The third-order valence-electron chi connectivity index (χ3n) is 4.51. The van der Waals surface area contributed by atoms with E-state index >= 15 is 0 Å². The number of hydrogen-bond donors (Lipinski definition) is 1. The average Bonchev–Trinajstić information content (AvgIpc) is 2.92. The summed E-state index contributed by atoms with van der Waals surface area (Å²) in [7, 11) is 0. The predicted octanol–water partition coefficient (Wildman–Crippen LogP) is 2.23. The van der Waals surface area contributed by atoms with E-state index in [2.05, 4.69) is 57.9 Å². The van der Waals surface area contributed by atoms with Gasteiger partial charge in [0.25, 0.3) is 0 Å². The van der Waals surface area contributed by atoms with Crippen molar-refractivity contribution in [3.8, 4) is 0 Å². The van der Waals surface area contributed by atoms with E-state index in [-0.39, 0.29) is 0 Å². The summed E-state index contributed by atoms with van der Waals surface area (Å²) in [5.74, 6) is 1.09. The van der Waals surface area contributed by atoms with Crippen molar-refractivity contribution >= 4 is 0 Å². The van der Waals surface area contributed by atoms with E-state index in [1.165, 1.54) is 24.1 Å². The van der Waals surface area contributed by atoms with Crippen LogP contribution < -0.4 is 5.32 Å². The van der Waals surface area contributed by atoms with Gasteiger partial charge in [-0.3, -0.25) is 4.90 Å². The molecule has 4 nitrogen and oxygen atoms in total.